The second-order valence-electron chi connectivity index (χ2n) is 37.1. The van der Waals surface area contributed by atoms with Crippen molar-refractivity contribution in [2.45, 2.75) is 140 Å². The summed E-state index contributed by atoms with van der Waals surface area (Å²) >= 11 is 0. The fraction of sp³-hybridized carbons (Fsp3) is 0.159. The summed E-state index contributed by atoms with van der Waals surface area (Å²) in [5.74, 6) is 0.311. The Morgan fingerprint density at radius 3 is 0.389 bits per heavy atom. The van der Waals surface area contributed by atoms with Gasteiger partial charge in [0, 0.05) is 51.6 Å². The van der Waals surface area contributed by atoms with Gasteiger partial charge in [-0.2, -0.15) is 0 Å². The molecule has 0 aromatic heterocycles. The number of aryl methyl sites for hydroxylation is 6. The molecule has 22 aromatic carbocycles. The number of benzene rings is 22. The van der Waals surface area contributed by atoms with Crippen LogP contribution in [0.4, 0.5) is 0 Å². The monoisotopic (exact) mass is 1880 g/mol. The molecule has 0 saturated heterocycles. The molecule has 0 N–H and O–H groups in total. The van der Waals surface area contributed by atoms with Gasteiger partial charge in [-0.15, -0.1) is 0 Å². The largest absolute Gasteiger partial charge is 0.489 e. The SMILES string of the molecule is CCc1c2ccccc2c(COc2cc(COC(=O)c3cc(C(=O)OCc4cc(OCc5c6ccccc6c(CC)c6ccccc56)cc(OCc5c6ccccc6c(CC)c6ccccc56)c4)cc(C(=O)OCc4cc(OCc5c6ccccc6c(CC)c6ccccc56)cc(OCc5c6ccccc6c(CC)c6ccccc56)c4)c3)cc(OCc3c4ccccc4c(CC)c4ccccc34)c2)c2ccccc12. The van der Waals surface area contributed by atoms with Crippen LogP contribution in [0, 0.1) is 0 Å². The van der Waals surface area contributed by atoms with Gasteiger partial charge in [-0.25, -0.2) is 14.4 Å². The zero-order chi connectivity index (χ0) is 97.8. The van der Waals surface area contributed by atoms with Gasteiger partial charge >= 0.3 is 17.9 Å². The number of fused-ring (bicyclic) bond motifs is 12. The van der Waals surface area contributed by atoms with E-state index in [1.165, 1.54) is 51.6 Å². The van der Waals surface area contributed by atoms with Gasteiger partial charge in [0.2, 0.25) is 0 Å². The molecule has 0 amide bonds. The summed E-state index contributed by atoms with van der Waals surface area (Å²) < 4.78 is 61.4. The Balaban J connectivity index is 0.618. The Labute approximate surface area is 836 Å². The molecule has 0 fully saturated rings. The predicted molar refractivity (Wildman–Crippen MR) is 584 cm³/mol. The van der Waals surface area contributed by atoms with Crippen LogP contribution in [-0.4, -0.2) is 17.9 Å². The summed E-state index contributed by atoms with van der Waals surface area (Å²) in [6.45, 7) is 13.5. The van der Waals surface area contributed by atoms with Gasteiger partial charge in [-0.3, -0.25) is 0 Å². The highest BCUT2D eigenvalue weighted by Gasteiger charge is 2.27. The molecule has 0 aliphatic rings. The molecule has 22 aromatic rings. The molecular formula is C132H108O12. The smallest absolute Gasteiger partial charge is 0.338 e. The van der Waals surface area contributed by atoms with Crippen molar-refractivity contribution < 1.29 is 57.0 Å². The van der Waals surface area contributed by atoms with Crippen molar-refractivity contribution in [2.24, 2.45) is 0 Å². The second-order valence-corrected chi connectivity index (χ2v) is 37.1. The molecule has 0 bridgehead atoms. The van der Waals surface area contributed by atoms with Crippen molar-refractivity contribution in [1.82, 2.24) is 0 Å². The minimum absolute atomic E-state index is 0.126. The molecule has 0 heterocycles. The molecule has 0 radical (unpaired) electrons. The maximum Gasteiger partial charge on any atom is 0.338 e. The summed E-state index contributed by atoms with van der Waals surface area (Å²) in [6.07, 6.45) is 5.07. The summed E-state index contributed by atoms with van der Waals surface area (Å²) in [5.41, 5.74) is 15.0. The highest BCUT2D eigenvalue weighted by Crippen LogP contribution is 2.44. The van der Waals surface area contributed by atoms with E-state index in [-0.39, 0.29) is 76.2 Å². The minimum Gasteiger partial charge on any atom is -0.489 e. The van der Waals surface area contributed by atoms with Gasteiger partial charge in [-0.05, 0) is 272 Å². The molecule has 12 nitrogen and oxygen atoms in total. The zero-order valence-corrected chi connectivity index (χ0v) is 81.6. The third kappa shape index (κ3) is 17.9. The first-order valence-corrected chi connectivity index (χ1v) is 50.2. The first-order valence-electron chi connectivity index (χ1n) is 50.2. The molecular weight excluding hydrogens is 1780 g/mol. The maximum atomic E-state index is 15.6. The fourth-order valence-corrected chi connectivity index (χ4v) is 22.3. The van der Waals surface area contributed by atoms with Crippen LogP contribution in [0.2, 0.25) is 0 Å². The average Bonchev–Trinajstić information content (AvgIpc) is 0.774. The Morgan fingerprint density at radius 2 is 0.271 bits per heavy atom. The summed E-state index contributed by atoms with van der Waals surface area (Å²) in [7, 11) is 0. The van der Waals surface area contributed by atoms with Crippen LogP contribution in [0.15, 0.2) is 364 Å². The third-order valence-electron chi connectivity index (χ3n) is 28.9. The van der Waals surface area contributed by atoms with Crippen LogP contribution in [0.5, 0.6) is 34.5 Å². The highest BCUT2D eigenvalue weighted by atomic mass is 16.5. The van der Waals surface area contributed by atoms with Crippen molar-refractivity contribution in [1.29, 1.82) is 0 Å². The Hall–Kier alpha value is -16.8. The van der Waals surface area contributed by atoms with Gasteiger partial charge in [0.1, 0.15) is 94.0 Å². The number of carbonyl (C=O) groups excluding carboxylic acids is 3. The average molecular weight is 1890 g/mol. The van der Waals surface area contributed by atoms with Crippen molar-refractivity contribution >= 4 is 147 Å². The van der Waals surface area contributed by atoms with Crippen molar-refractivity contribution in [3.63, 3.8) is 0 Å². The van der Waals surface area contributed by atoms with Crippen LogP contribution >= 0.6 is 0 Å². The van der Waals surface area contributed by atoms with Crippen LogP contribution in [-0.2, 0) is 112 Å². The van der Waals surface area contributed by atoms with Gasteiger partial charge in [-0.1, -0.05) is 333 Å². The Kier molecular flexibility index (Phi) is 26.1. The van der Waals surface area contributed by atoms with Gasteiger partial charge in [0.15, 0.2) is 0 Å². The minimum atomic E-state index is -0.849. The van der Waals surface area contributed by atoms with Crippen molar-refractivity contribution in [3.05, 3.63) is 464 Å². The van der Waals surface area contributed by atoms with E-state index >= 15 is 14.4 Å². The number of hydrogen-bond acceptors (Lipinski definition) is 12. The first kappa shape index (κ1) is 92.2. The molecule has 0 atom stereocenters. The lowest BCUT2D eigenvalue weighted by Crippen LogP contribution is -2.14. The normalized spacial score (nSPS) is 11.6. The standard InChI is InChI=1S/C132H108O12/c1-7-94-100-37-13-25-49-112(100)124(113-50-26-14-38-101(94)113)76-136-88-61-82(62-89(70-88)137-77-125-114-51-27-15-39-102(114)95(8-2)103-40-16-28-52-115(103)125)73-142-130(133)85-67-86(131(134)143-74-83-63-90(138-78-126-116-53-29-17-41-104(116)96(9-3)105-42-18-30-54-117(105)126)71-91(64-83)139-79-127-118-55-31-19-43-106(118)97(10-4)107-44-20-32-56-119(107)127)69-87(68-85)132(135)144-75-84-65-92(140-80-128-120-57-33-21-45-108(120)98(11-5)109-46-22-34-58-121(109)128)72-93(66-84)141-81-129-122-59-35-23-47-110(122)99(12-6)111-48-24-36-60-123(111)129/h13-72H,7-12,73-81H2,1-6H3. The lowest BCUT2D eigenvalue weighted by Gasteiger charge is -2.19. The fourth-order valence-electron chi connectivity index (χ4n) is 22.3. The lowest BCUT2D eigenvalue weighted by molar-refractivity contribution is 0.0466. The van der Waals surface area contributed by atoms with E-state index in [1.807, 2.05) is 54.6 Å². The molecule has 0 spiro atoms. The quantitative estimate of drug-likeness (QED) is 0.0220. The second kappa shape index (κ2) is 40.8. The van der Waals surface area contributed by atoms with Crippen LogP contribution < -0.4 is 28.4 Å². The van der Waals surface area contributed by atoms with Gasteiger partial charge < -0.3 is 42.6 Å². The van der Waals surface area contributed by atoms with E-state index in [9.17, 15) is 0 Å². The molecule has 0 saturated carbocycles. The molecule has 22 rings (SSSR count). The van der Waals surface area contributed by atoms with E-state index in [0.717, 1.165) is 201 Å². The number of hydrogen-bond donors (Lipinski definition) is 0. The first-order chi connectivity index (χ1) is 70.9. The van der Waals surface area contributed by atoms with Gasteiger partial charge in [0.05, 0.1) is 16.7 Å². The molecule has 144 heavy (non-hydrogen) atoms. The summed E-state index contributed by atoms with van der Waals surface area (Å²) in [6, 6.07) is 123. The van der Waals surface area contributed by atoms with Crippen LogP contribution in [0.25, 0.3) is 129 Å². The predicted octanol–water partition coefficient (Wildman–Crippen LogP) is 32.4. The topological polar surface area (TPSA) is 134 Å². The number of carbonyl (C=O) groups is 3. The molecule has 0 aliphatic carbocycles. The molecule has 0 unspecified atom stereocenters. The molecule has 12 heteroatoms. The van der Waals surface area contributed by atoms with E-state index < -0.39 is 17.9 Å². The van der Waals surface area contributed by atoms with E-state index in [2.05, 4.69) is 333 Å². The highest BCUT2D eigenvalue weighted by molar-refractivity contribution is 6.12. The Morgan fingerprint density at radius 1 is 0.153 bits per heavy atom. The van der Waals surface area contributed by atoms with Crippen molar-refractivity contribution in [2.75, 3.05) is 0 Å². The number of ether oxygens (including phenoxy) is 9. The molecule has 0 aliphatic heterocycles. The Bertz CT molecular complexity index is 7220. The van der Waals surface area contributed by atoms with E-state index in [0.29, 0.717) is 51.2 Å². The van der Waals surface area contributed by atoms with Crippen LogP contribution in [0.3, 0.4) is 0 Å². The van der Waals surface area contributed by atoms with Gasteiger partial charge in [0.25, 0.3) is 0 Å². The van der Waals surface area contributed by atoms with Crippen molar-refractivity contribution in [3.8, 4) is 34.5 Å². The summed E-state index contributed by atoms with van der Waals surface area (Å²) in [5, 5.41) is 27.1. The number of esters is 3. The number of rotatable bonds is 33. The zero-order valence-electron chi connectivity index (χ0n) is 81.6. The van der Waals surface area contributed by atoms with E-state index in [4.69, 9.17) is 42.6 Å². The molecule has 708 valence electrons. The lowest BCUT2D eigenvalue weighted by atomic mass is 9.91. The van der Waals surface area contributed by atoms with E-state index in [1.54, 1.807) is 0 Å². The van der Waals surface area contributed by atoms with Crippen LogP contribution in [0.1, 0.15) is 156 Å². The maximum absolute atomic E-state index is 15.6. The third-order valence-corrected chi connectivity index (χ3v) is 28.9. The summed E-state index contributed by atoms with van der Waals surface area (Å²) in [4.78, 5) is 46.8.